The van der Waals surface area contributed by atoms with Gasteiger partial charge in [-0.3, -0.25) is 14.4 Å². The van der Waals surface area contributed by atoms with Crippen LogP contribution in [0.3, 0.4) is 0 Å². The molecule has 0 bridgehead atoms. The van der Waals surface area contributed by atoms with Gasteiger partial charge in [0.05, 0.1) is 7.11 Å². The summed E-state index contributed by atoms with van der Waals surface area (Å²) in [5, 5.41) is 0. The summed E-state index contributed by atoms with van der Waals surface area (Å²) in [5.74, 6) is -1.45. The third-order valence-electron chi connectivity index (χ3n) is 5.98. The van der Waals surface area contributed by atoms with E-state index in [4.69, 9.17) is 29.4 Å². The minimum Gasteiger partial charge on any atom is -0.468 e. The maximum Gasteiger partial charge on any atom is 0.508 e. The summed E-state index contributed by atoms with van der Waals surface area (Å²) in [7, 11) is 1.22. The van der Waals surface area contributed by atoms with Crippen molar-refractivity contribution < 1.29 is 42.9 Å². The predicted octanol–water partition coefficient (Wildman–Crippen LogP) is 5.41. The summed E-state index contributed by atoms with van der Waals surface area (Å²) in [4.78, 5) is 49.5. The van der Waals surface area contributed by atoms with Crippen molar-refractivity contribution >= 4 is 24.1 Å². The van der Waals surface area contributed by atoms with Gasteiger partial charge in [-0.05, 0) is 50.8 Å². The Morgan fingerprint density at radius 1 is 0.846 bits per heavy atom. The van der Waals surface area contributed by atoms with Gasteiger partial charge in [0.2, 0.25) is 0 Å². The molecule has 0 saturated heterocycles. The fourth-order valence-corrected chi connectivity index (χ4v) is 3.99. The van der Waals surface area contributed by atoms with E-state index in [1.165, 1.54) is 19.2 Å². The molecule has 0 spiro atoms. The van der Waals surface area contributed by atoms with Crippen LogP contribution in [0.15, 0.2) is 18.2 Å². The number of hydrogen-bond donors (Lipinski definition) is 1. The van der Waals surface area contributed by atoms with Gasteiger partial charge in [0.15, 0.2) is 11.5 Å². The van der Waals surface area contributed by atoms with E-state index in [0.29, 0.717) is 24.8 Å². The molecule has 0 aliphatic heterocycles. The van der Waals surface area contributed by atoms with Crippen molar-refractivity contribution in [1.29, 1.82) is 0 Å². The second kappa shape index (κ2) is 17.4. The molecule has 1 unspecified atom stereocenters. The van der Waals surface area contributed by atoms with Crippen LogP contribution in [0.1, 0.15) is 98.0 Å². The highest BCUT2D eigenvalue weighted by Crippen LogP contribution is 2.32. The van der Waals surface area contributed by atoms with Gasteiger partial charge < -0.3 is 29.4 Å². The van der Waals surface area contributed by atoms with Crippen molar-refractivity contribution in [3.8, 4) is 11.5 Å². The number of ether oxygens (including phenoxy) is 5. The highest BCUT2D eigenvalue weighted by atomic mass is 16.7. The fraction of sp³-hybridized carbons (Fsp3) is 0.655. The predicted molar refractivity (Wildman–Crippen MR) is 145 cm³/mol. The first-order chi connectivity index (χ1) is 18.5. The third kappa shape index (κ3) is 12.5. The first kappa shape index (κ1) is 33.9. The van der Waals surface area contributed by atoms with E-state index < -0.39 is 35.7 Å². The minimum atomic E-state index is -1.58. The molecule has 10 nitrogen and oxygen atoms in total. The summed E-state index contributed by atoms with van der Waals surface area (Å²) in [6.07, 6.45) is 2.95. The van der Waals surface area contributed by atoms with Crippen molar-refractivity contribution in [3.63, 3.8) is 0 Å². The van der Waals surface area contributed by atoms with Crippen molar-refractivity contribution in [1.82, 2.24) is 0 Å². The van der Waals surface area contributed by atoms with Gasteiger partial charge in [-0.2, -0.15) is 0 Å². The summed E-state index contributed by atoms with van der Waals surface area (Å²) in [5.41, 5.74) is 5.45. The van der Waals surface area contributed by atoms with Crippen LogP contribution >= 0.6 is 0 Å². The van der Waals surface area contributed by atoms with Gasteiger partial charge in [-0.15, -0.1) is 0 Å². The molecule has 0 saturated carbocycles. The summed E-state index contributed by atoms with van der Waals surface area (Å²) in [6.45, 7) is 9.28. The SMILES string of the molecule is CCCCC(=O)Oc1ccc(CC(N)(C[C@H](C)OC(=O)O[C@@H](C)CCC)C(=O)OC)cc1OC(=O)CCCC. The number of rotatable bonds is 17. The van der Waals surface area contributed by atoms with Crippen LogP contribution in [0.2, 0.25) is 0 Å². The molecule has 1 rings (SSSR count). The van der Waals surface area contributed by atoms with Gasteiger partial charge in [0.25, 0.3) is 0 Å². The standard InChI is InChI=1S/C29H45NO9/c1-7-10-13-25(31)38-23-16-15-22(17-24(23)39-26(32)14-11-8-2)19-29(30,27(33)35-6)18-21(5)37-28(34)36-20(4)12-9-3/h15-17,20-21H,7-14,18-19,30H2,1-6H3/t20-,21-,29?/m0/s1. The molecule has 0 fully saturated rings. The molecule has 0 heterocycles. The van der Waals surface area contributed by atoms with Gasteiger partial charge in [0, 0.05) is 25.7 Å². The summed E-state index contributed by atoms with van der Waals surface area (Å²) >= 11 is 0. The molecule has 1 aromatic carbocycles. The zero-order valence-corrected chi connectivity index (χ0v) is 24.2. The summed E-state index contributed by atoms with van der Waals surface area (Å²) < 4.78 is 26.5. The van der Waals surface area contributed by atoms with Crippen molar-refractivity contribution in [2.75, 3.05) is 7.11 Å². The Hall–Kier alpha value is -3.14. The Kier molecular flexibility index (Phi) is 15.2. The van der Waals surface area contributed by atoms with E-state index in [-0.39, 0.29) is 43.3 Å². The first-order valence-electron chi connectivity index (χ1n) is 13.8. The highest BCUT2D eigenvalue weighted by Gasteiger charge is 2.38. The lowest BCUT2D eigenvalue weighted by Gasteiger charge is -2.29. The van der Waals surface area contributed by atoms with Crippen molar-refractivity contribution in [2.24, 2.45) is 5.73 Å². The second-order valence-corrected chi connectivity index (χ2v) is 9.86. The maximum absolute atomic E-state index is 12.7. The van der Waals surface area contributed by atoms with Crippen LogP contribution in [-0.4, -0.2) is 48.9 Å². The number of carbonyl (C=O) groups is 4. The molecular weight excluding hydrogens is 506 g/mol. The van der Waals surface area contributed by atoms with Gasteiger partial charge in [-0.1, -0.05) is 46.1 Å². The van der Waals surface area contributed by atoms with E-state index in [1.54, 1.807) is 19.9 Å². The molecule has 0 aliphatic carbocycles. The number of methoxy groups -OCH3 is 1. The van der Waals surface area contributed by atoms with Crippen molar-refractivity contribution in [2.45, 2.75) is 117 Å². The average Bonchev–Trinajstić information content (AvgIpc) is 2.86. The average molecular weight is 552 g/mol. The van der Waals surface area contributed by atoms with E-state index in [0.717, 1.165) is 19.3 Å². The van der Waals surface area contributed by atoms with Crippen LogP contribution in [0.5, 0.6) is 11.5 Å². The molecule has 10 heteroatoms. The topological polar surface area (TPSA) is 140 Å². The minimum absolute atomic E-state index is 0.0295. The Balaban J connectivity index is 3.15. The fourth-order valence-electron chi connectivity index (χ4n) is 3.99. The largest absolute Gasteiger partial charge is 0.508 e. The Labute approximate surface area is 231 Å². The van der Waals surface area contributed by atoms with Crippen LogP contribution < -0.4 is 15.2 Å². The van der Waals surface area contributed by atoms with E-state index in [1.807, 2.05) is 20.8 Å². The lowest BCUT2D eigenvalue weighted by molar-refractivity contribution is -0.148. The molecule has 2 N–H and O–H groups in total. The monoisotopic (exact) mass is 551 g/mol. The lowest BCUT2D eigenvalue weighted by atomic mass is 9.86. The quantitative estimate of drug-likeness (QED) is 0.197. The number of benzene rings is 1. The Morgan fingerprint density at radius 2 is 1.41 bits per heavy atom. The number of hydrogen-bond acceptors (Lipinski definition) is 10. The summed E-state index contributed by atoms with van der Waals surface area (Å²) in [6, 6.07) is 4.65. The number of nitrogens with two attached hydrogens (primary N) is 1. The Morgan fingerprint density at radius 3 is 1.95 bits per heavy atom. The normalized spacial score (nSPS) is 13.9. The van der Waals surface area contributed by atoms with Gasteiger partial charge in [-0.25, -0.2) is 4.79 Å². The molecule has 3 atom stereocenters. The van der Waals surface area contributed by atoms with Crippen LogP contribution in [0.25, 0.3) is 0 Å². The van der Waals surface area contributed by atoms with Crippen molar-refractivity contribution in [3.05, 3.63) is 23.8 Å². The molecule has 39 heavy (non-hydrogen) atoms. The van der Waals surface area contributed by atoms with Crippen LogP contribution in [-0.2, 0) is 35.0 Å². The van der Waals surface area contributed by atoms with Crippen LogP contribution in [0, 0.1) is 0 Å². The smallest absolute Gasteiger partial charge is 0.468 e. The molecule has 220 valence electrons. The Bertz CT molecular complexity index is 949. The molecule has 0 aliphatic rings. The highest BCUT2D eigenvalue weighted by molar-refractivity contribution is 5.81. The first-order valence-corrected chi connectivity index (χ1v) is 13.8. The molecule has 0 amide bonds. The van der Waals surface area contributed by atoms with E-state index >= 15 is 0 Å². The zero-order chi connectivity index (χ0) is 29.4. The molecule has 0 radical (unpaired) electrons. The van der Waals surface area contributed by atoms with Crippen LogP contribution in [0.4, 0.5) is 4.79 Å². The van der Waals surface area contributed by atoms with Gasteiger partial charge >= 0.3 is 24.1 Å². The maximum atomic E-state index is 12.7. The molecular formula is C29H45NO9. The van der Waals surface area contributed by atoms with E-state index in [2.05, 4.69) is 0 Å². The number of carbonyl (C=O) groups excluding carboxylic acids is 4. The molecule has 0 aromatic heterocycles. The molecule has 1 aromatic rings. The zero-order valence-electron chi connectivity index (χ0n) is 24.2. The third-order valence-corrected chi connectivity index (χ3v) is 5.98. The second-order valence-electron chi connectivity index (χ2n) is 9.86. The lowest BCUT2D eigenvalue weighted by Crippen LogP contribution is -2.53. The van der Waals surface area contributed by atoms with E-state index in [9.17, 15) is 19.2 Å². The number of esters is 3. The van der Waals surface area contributed by atoms with Gasteiger partial charge in [0.1, 0.15) is 17.7 Å². The number of unbranched alkanes of at least 4 members (excludes halogenated alkanes) is 2.